The van der Waals surface area contributed by atoms with E-state index in [-0.39, 0.29) is 0 Å². The molecule has 1 aromatic rings. The Morgan fingerprint density at radius 3 is 2.44 bits per heavy atom. The van der Waals surface area contributed by atoms with Gasteiger partial charge in [-0.1, -0.05) is 12.8 Å². The Morgan fingerprint density at radius 2 is 1.67 bits per heavy atom. The summed E-state index contributed by atoms with van der Waals surface area (Å²) in [5.41, 5.74) is 2.64. The third-order valence-corrected chi connectivity index (χ3v) is 4.51. The second-order valence-corrected chi connectivity index (χ2v) is 5.91. The molecule has 0 radical (unpaired) electrons. The van der Waals surface area contributed by atoms with Gasteiger partial charge in [-0.05, 0) is 56.8 Å². The van der Waals surface area contributed by atoms with Crippen LogP contribution in [0.15, 0.2) is 0 Å². The lowest BCUT2D eigenvalue weighted by Crippen LogP contribution is -2.25. The summed E-state index contributed by atoms with van der Waals surface area (Å²) >= 11 is 6.25. The van der Waals surface area contributed by atoms with Gasteiger partial charge in [0.2, 0.25) is 5.28 Å². The third kappa shape index (κ3) is 2.57. The molecule has 3 heterocycles. The Bertz CT molecular complexity index is 405. The first-order chi connectivity index (χ1) is 8.84. The standard InChI is InChI=1S/C14H22ClN3/c15-14-16-12(13-7-3-6-10-18(13)14)11-17-8-4-1-2-5-9-17/h1-11H2. The van der Waals surface area contributed by atoms with Gasteiger partial charge >= 0.3 is 0 Å². The first kappa shape index (κ1) is 12.5. The van der Waals surface area contributed by atoms with Gasteiger partial charge in [0.15, 0.2) is 0 Å². The van der Waals surface area contributed by atoms with Crippen LogP contribution in [0.4, 0.5) is 0 Å². The molecule has 3 rings (SSSR count). The maximum absolute atomic E-state index is 6.25. The number of imidazole rings is 1. The summed E-state index contributed by atoms with van der Waals surface area (Å²) in [6.07, 6.45) is 9.13. The predicted octanol–water partition coefficient (Wildman–Crippen LogP) is 3.25. The molecule has 1 fully saturated rings. The quantitative estimate of drug-likeness (QED) is 0.820. The van der Waals surface area contributed by atoms with Crippen LogP contribution in [-0.2, 0) is 19.5 Å². The van der Waals surface area contributed by atoms with E-state index in [1.165, 1.54) is 63.0 Å². The molecule has 100 valence electrons. The number of rotatable bonds is 2. The lowest BCUT2D eigenvalue weighted by molar-refractivity contribution is 0.272. The van der Waals surface area contributed by atoms with Gasteiger partial charge in [0.25, 0.3) is 0 Å². The molecule has 1 aromatic heterocycles. The van der Waals surface area contributed by atoms with Gasteiger partial charge in [-0.25, -0.2) is 4.98 Å². The minimum Gasteiger partial charge on any atom is -0.319 e. The van der Waals surface area contributed by atoms with Crippen molar-refractivity contribution < 1.29 is 0 Å². The average Bonchev–Trinajstić information content (AvgIpc) is 2.58. The van der Waals surface area contributed by atoms with E-state index >= 15 is 0 Å². The van der Waals surface area contributed by atoms with E-state index < -0.39 is 0 Å². The van der Waals surface area contributed by atoms with E-state index in [0.717, 1.165) is 19.5 Å². The smallest absolute Gasteiger partial charge is 0.203 e. The van der Waals surface area contributed by atoms with Gasteiger partial charge in [0, 0.05) is 18.8 Å². The number of hydrogen-bond acceptors (Lipinski definition) is 2. The highest BCUT2D eigenvalue weighted by molar-refractivity contribution is 6.28. The number of nitrogens with zero attached hydrogens (tertiary/aromatic N) is 3. The number of aromatic nitrogens is 2. The summed E-state index contributed by atoms with van der Waals surface area (Å²) in [5.74, 6) is 0. The molecular formula is C14H22ClN3. The summed E-state index contributed by atoms with van der Waals surface area (Å²) in [7, 11) is 0. The molecule has 2 aliphatic rings. The number of halogens is 1. The predicted molar refractivity (Wildman–Crippen MR) is 73.9 cm³/mol. The molecule has 0 unspecified atom stereocenters. The molecule has 0 N–H and O–H groups in total. The fourth-order valence-corrected chi connectivity index (χ4v) is 3.49. The Labute approximate surface area is 114 Å². The minimum absolute atomic E-state index is 0.703. The number of hydrogen-bond donors (Lipinski definition) is 0. The van der Waals surface area contributed by atoms with Crippen molar-refractivity contribution >= 4 is 11.6 Å². The normalized spacial score (nSPS) is 21.6. The second kappa shape index (κ2) is 5.62. The van der Waals surface area contributed by atoms with Crippen LogP contribution >= 0.6 is 11.6 Å². The molecule has 18 heavy (non-hydrogen) atoms. The Hall–Kier alpha value is -0.540. The molecule has 0 amide bonds. The highest BCUT2D eigenvalue weighted by Crippen LogP contribution is 2.25. The molecule has 0 atom stereocenters. The Morgan fingerprint density at radius 1 is 0.944 bits per heavy atom. The van der Waals surface area contributed by atoms with Gasteiger partial charge in [-0.2, -0.15) is 0 Å². The first-order valence-electron chi connectivity index (χ1n) is 7.31. The monoisotopic (exact) mass is 267 g/mol. The van der Waals surface area contributed by atoms with Crippen LogP contribution in [0.5, 0.6) is 0 Å². The second-order valence-electron chi connectivity index (χ2n) is 5.57. The number of likely N-dealkylation sites (tertiary alicyclic amines) is 1. The lowest BCUT2D eigenvalue weighted by atomic mass is 10.1. The maximum atomic E-state index is 6.25. The molecule has 2 aliphatic heterocycles. The van der Waals surface area contributed by atoms with Crippen LogP contribution in [0.3, 0.4) is 0 Å². The lowest BCUT2D eigenvalue weighted by Gasteiger charge is -2.21. The van der Waals surface area contributed by atoms with E-state index in [4.69, 9.17) is 11.6 Å². The van der Waals surface area contributed by atoms with E-state index in [9.17, 15) is 0 Å². The molecule has 0 bridgehead atoms. The maximum Gasteiger partial charge on any atom is 0.203 e. The van der Waals surface area contributed by atoms with Crippen molar-refractivity contribution in [3.63, 3.8) is 0 Å². The van der Waals surface area contributed by atoms with Crippen molar-refractivity contribution in [3.8, 4) is 0 Å². The summed E-state index contributed by atoms with van der Waals surface area (Å²) < 4.78 is 2.22. The van der Waals surface area contributed by atoms with E-state index in [2.05, 4.69) is 14.5 Å². The molecule has 0 saturated carbocycles. The van der Waals surface area contributed by atoms with Crippen molar-refractivity contribution in [2.24, 2.45) is 0 Å². The van der Waals surface area contributed by atoms with E-state index in [0.29, 0.717) is 5.28 Å². The largest absolute Gasteiger partial charge is 0.319 e. The minimum atomic E-state index is 0.703. The highest BCUT2D eigenvalue weighted by Gasteiger charge is 2.20. The molecule has 0 aromatic carbocycles. The number of fused-ring (bicyclic) bond motifs is 1. The topological polar surface area (TPSA) is 21.1 Å². The Balaban J connectivity index is 1.75. The summed E-state index contributed by atoms with van der Waals surface area (Å²) in [6, 6.07) is 0. The van der Waals surface area contributed by atoms with Gasteiger partial charge in [-0.3, -0.25) is 4.90 Å². The fourth-order valence-electron chi connectivity index (χ4n) is 3.20. The zero-order valence-corrected chi connectivity index (χ0v) is 11.8. The van der Waals surface area contributed by atoms with Crippen LogP contribution in [0.25, 0.3) is 0 Å². The van der Waals surface area contributed by atoms with Crippen molar-refractivity contribution in [1.82, 2.24) is 14.5 Å². The molecule has 0 spiro atoms. The summed E-state index contributed by atoms with van der Waals surface area (Å²) in [4.78, 5) is 7.16. The molecule has 3 nitrogen and oxygen atoms in total. The van der Waals surface area contributed by atoms with Crippen molar-refractivity contribution in [3.05, 3.63) is 16.7 Å². The van der Waals surface area contributed by atoms with E-state index in [1.807, 2.05) is 0 Å². The molecule has 0 aliphatic carbocycles. The summed E-state index contributed by atoms with van der Waals surface area (Å²) in [6.45, 7) is 4.51. The van der Waals surface area contributed by atoms with Crippen LogP contribution in [0, 0.1) is 0 Å². The molecule has 1 saturated heterocycles. The Kier molecular flexibility index (Phi) is 3.90. The van der Waals surface area contributed by atoms with Crippen molar-refractivity contribution in [1.29, 1.82) is 0 Å². The first-order valence-corrected chi connectivity index (χ1v) is 7.68. The van der Waals surface area contributed by atoms with Crippen LogP contribution in [0.1, 0.15) is 49.9 Å². The van der Waals surface area contributed by atoms with Crippen LogP contribution in [0.2, 0.25) is 5.28 Å². The highest BCUT2D eigenvalue weighted by atomic mass is 35.5. The molecular weight excluding hydrogens is 246 g/mol. The third-order valence-electron chi connectivity index (χ3n) is 4.23. The zero-order valence-electron chi connectivity index (χ0n) is 11.0. The van der Waals surface area contributed by atoms with Crippen LogP contribution in [-0.4, -0.2) is 27.5 Å². The van der Waals surface area contributed by atoms with Gasteiger partial charge < -0.3 is 4.57 Å². The fraction of sp³-hybridized carbons (Fsp3) is 0.786. The van der Waals surface area contributed by atoms with Gasteiger partial charge in [-0.15, -0.1) is 0 Å². The van der Waals surface area contributed by atoms with Crippen LogP contribution < -0.4 is 0 Å². The van der Waals surface area contributed by atoms with Gasteiger partial charge in [0.1, 0.15) is 0 Å². The summed E-state index contributed by atoms with van der Waals surface area (Å²) in [5, 5.41) is 0.703. The zero-order chi connectivity index (χ0) is 12.4. The van der Waals surface area contributed by atoms with E-state index in [1.54, 1.807) is 0 Å². The SMILES string of the molecule is Clc1nc(CN2CCCCCC2)c2n1CCCC2. The average molecular weight is 268 g/mol. The van der Waals surface area contributed by atoms with Crippen molar-refractivity contribution in [2.75, 3.05) is 13.1 Å². The molecule has 4 heteroatoms. The van der Waals surface area contributed by atoms with Crippen molar-refractivity contribution in [2.45, 2.75) is 58.0 Å². The van der Waals surface area contributed by atoms with Gasteiger partial charge in [0.05, 0.1) is 5.69 Å².